The highest BCUT2D eigenvalue weighted by Crippen LogP contribution is 2.18. The number of ether oxygens (including phenoxy) is 1. The molecule has 0 atom stereocenters. The van der Waals surface area contributed by atoms with Gasteiger partial charge in [0.2, 0.25) is 5.91 Å². The molecule has 0 aliphatic rings. The van der Waals surface area contributed by atoms with Gasteiger partial charge in [0, 0.05) is 6.54 Å². The number of hydrogen-bond donors (Lipinski definition) is 1. The van der Waals surface area contributed by atoms with Crippen LogP contribution in [0.3, 0.4) is 0 Å². The topological polar surface area (TPSA) is 38.3 Å². The van der Waals surface area contributed by atoms with E-state index in [0.29, 0.717) is 13.0 Å². The third-order valence-corrected chi connectivity index (χ3v) is 3.12. The van der Waals surface area contributed by atoms with E-state index in [9.17, 15) is 9.18 Å². The zero-order valence-corrected chi connectivity index (χ0v) is 13.7. The minimum atomic E-state index is -0.280. The molecule has 4 heteroatoms. The van der Waals surface area contributed by atoms with Gasteiger partial charge in [0.05, 0.1) is 6.42 Å². The van der Waals surface area contributed by atoms with Crippen LogP contribution in [0.1, 0.15) is 31.9 Å². The van der Waals surface area contributed by atoms with E-state index in [1.54, 1.807) is 12.1 Å². The highest BCUT2D eigenvalue weighted by atomic mass is 19.1. The Hall–Kier alpha value is -2.36. The number of amides is 1. The molecule has 0 spiro atoms. The zero-order valence-electron chi connectivity index (χ0n) is 13.7. The highest BCUT2D eigenvalue weighted by Gasteiger charge is 2.11. The van der Waals surface area contributed by atoms with Crippen LogP contribution in [0.15, 0.2) is 48.5 Å². The van der Waals surface area contributed by atoms with Crippen molar-refractivity contribution in [3.8, 4) is 5.75 Å². The number of carbonyl (C=O) groups excluding carboxylic acids is 1. The lowest BCUT2D eigenvalue weighted by atomic mass is 10.1. The molecule has 1 N–H and O–H groups in total. The average molecular weight is 315 g/mol. The van der Waals surface area contributed by atoms with E-state index in [0.717, 1.165) is 16.9 Å². The fraction of sp³-hybridized carbons (Fsp3) is 0.316. The molecule has 0 saturated heterocycles. The Balaban J connectivity index is 1.84. The van der Waals surface area contributed by atoms with Gasteiger partial charge in [-0.2, -0.15) is 0 Å². The van der Waals surface area contributed by atoms with Crippen LogP contribution >= 0.6 is 0 Å². The molecule has 2 aromatic rings. The van der Waals surface area contributed by atoms with E-state index in [-0.39, 0.29) is 17.3 Å². The van der Waals surface area contributed by atoms with Gasteiger partial charge in [-0.3, -0.25) is 4.79 Å². The minimum Gasteiger partial charge on any atom is -0.488 e. The molecule has 0 aliphatic heterocycles. The van der Waals surface area contributed by atoms with Crippen molar-refractivity contribution in [2.24, 2.45) is 0 Å². The van der Waals surface area contributed by atoms with Gasteiger partial charge >= 0.3 is 0 Å². The molecule has 122 valence electrons. The Morgan fingerprint density at radius 1 is 1.00 bits per heavy atom. The van der Waals surface area contributed by atoms with E-state index >= 15 is 0 Å². The molecule has 23 heavy (non-hydrogen) atoms. The third-order valence-electron chi connectivity index (χ3n) is 3.12. The van der Waals surface area contributed by atoms with Crippen LogP contribution in [0, 0.1) is 5.82 Å². The van der Waals surface area contributed by atoms with E-state index in [4.69, 9.17) is 4.74 Å². The number of carbonyl (C=O) groups is 1. The van der Waals surface area contributed by atoms with Gasteiger partial charge in [-0.05, 0) is 56.2 Å². The third kappa shape index (κ3) is 6.10. The van der Waals surface area contributed by atoms with Crippen LogP contribution in [0.5, 0.6) is 5.75 Å². The van der Waals surface area contributed by atoms with Crippen molar-refractivity contribution < 1.29 is 13.9 Å². The number of benzene rings is 2. The van der Waals surface area contributed by atoms with E-state index in [1.807, 2.05) is 45.0 Å². The second kappa shape index (κ2) is 7.27. The van der Waals surface area contributed by atoms with Gasteiger partial charge < -0.3 is 10.1 Å². The van der Waals surface area contributed by atoms with Crippen LogP contribution < -0.4 is 10.1 Å². The van der Waals surface area contributed by atoms with E-state index < -0.39 is 0 Å². The van der Waals surface area contributed by atoms with Crippen molar-refractivity contribution in [3.05, 3.63) is 65.5 Å². The molecule has 0 heterocycles. The van der Waals surface area contributed by atoms with Crippen molar-refractivity contribution in [2.75, 3.05) is 0 Å². The number of hydrogen-bond acceptors (Lipinski definition) is 2. The molecule has 0 bridgehead atoms. The second-order valence-corrected chi connectivity index (χ2v) is 6.44. The van der Waals surface area contributed by atoms with Crippen molar-refractivity contribution in [1.82, 2.24) is 5.32 Å². The standard InChI is InChI=1S/C19H22FNO2/c1-19(2,3)23-17-10-6-14(7-11-17)12-18(22)21-13-15-4-8-16(20)9-5-15/h4-11H,12-13H2,1-3H3,(H,21,22). The highest BCUT2D eigenvalue weighted by molar-refractivity contribution is 5.78. The van der Waals surface area contributed by atoms with Gasteiger partial charge in [0.25, 0.3) is 0 Å². The summed E-state index contributed by atoms with van der Waals surface area (Å²) in [6, 6.07) is 13.6. The summed E-state index contributed by atoms with van der Waals surface area (Å²) in [5.41, 5.74) is 1.55. The quantitative estimate of drug-likeness (QED) is 0.910. The first kappa shape index (κ1) is 17.0. The Kier molecular flexibility index (Phi) is 5.37. The van der Waals surface area contributed by atoms with E-state index in [2.05, 4.69) is 5.32 Å². The van der Waals surface area contributed by atoms with Crippen LogP contribution in [-0.2, 0) is 17.8 Å². The first-order chi connectivity index (χ1) is 10.8. The summed E-state index contributed by atoms with van der Waals surface area (Å²) in [6.07, 6.45) is 0.303. The smallest absolute Gasteiger partial charge is 0.224 e. The lowest BCUT2D eigenvalue weighted by Gasteiger charge is -2.21. The summed E-state index contributed by atoms with van der Waals surface area (Å²) in [4.78, 5) is 12.0. The van der Waals surface area contributed by atoms with Gasteiger partial charge in [0.15, 0.2) is 0 Å². The van der Waals surface area contributed by atoms with Crippen molar-refractivity contribution in [1.29, 1.82) is 0 Å². The predicted molar refractivity (Wildman–Crippen MR) is 88.8 cm³/mol. The summed E-state index contributed by atoms with van der Waals surface area (Å²) in [7, 11) is 0. The molecule has 0 unspecified atom stereocenters. The summed E-state index contributed by atoms with van der Waals surface area (Å²) in [5, 5.41) is 2.83. The molecule has 0 radical (unpaired) electrons. The fourth-order valence-electron chi connectivity index (χ4n) is 2.08. The molecule has 2 aromatic carbocycles. The Morgan fingerprint density at radius 3 is 2.13 bits per heavy atom. The van der Waals surface area contributed by atoms with Crippen LogP contribution in [-0.4, -0.2) is 11.5 Å². The Labute approximate surface area is 136 Å². The number of nitrogens with one attached hydrogen (secondary N) is 1. The van der Waals surface area contributed by atoms with Gasteiger partial charge in [0.1, 0.15) is 17.2 Å². The summed E-state index contributed by atoms with van der Waals surface area (Å²) in [5.74, 6) is 0.435. The second-order valence-electron chi connectivity index (χ2n) is 6.44. The van der Waals surface area contributed by atoms with Gasteiger partial charge in [-0.1, -0.05) is 24.3 Å². The Bertz CT molecular complexity index is 643. The molecular formula is C19H22FNO2. The molecule has 2 rings (SSSR count). The van der Waals surface area contributed by atoms with Crippen LogP contribution in [0.4, 0.5) is 4.39 Å². The fourth-order valence-corrected chi connectivity index (χ4v) is 2.08. The van der Waals surface area contributed by atoms with Crippen molar-refractivity contribution in [2.45, 2.75) is 39.3 Å². The molecule has 0 saturated carbocycles. The minimum absolute atomic E-state index is 0.0705. The van der Waals surface area contributed by atoms with Crippen molar-refractivity contribution >= 4 is 5.91 Å². The maximum atomic E-state index is 12.8. The number of rotatable bonds is 5. The van der Waals surface area contributed by atoms with E-state index in [1.165, 1.54) is 12.1 Å². The zero-order chi connectivity index (χ0) is 16.9. The molecule has 0 aliphatic carbocycles. The first-order valence-corrected chi connectivity index (χ1v) is 7.61. The average Bonchev–Trinajstić information content (AvgIpc) is 2.47. The maximum absolute atomic E-state index is 12.8. The van der Waals surface area contributed by atoms with Crippen LogP contribution in [0.2, 0.25) is 0 Å². The normalized spacial score (nSPS) is 11.1. The predicted octanol–water partition coefficient (Wildman–Crippen LogP) is 3.86. The summed E-state index contributed by atoms with van der Waals surface area (Å²) >= 11 is 0. The summed E-state index contributed by atoms with van der Waals surface area (Å²) in [6.45, 7) is 6.36. The lowest BCUT2D eigenvalue weighted by molar-refractivity contribution is -0.120. The molecule has 0 aromatic heterocycles. The SMILES string of the molecule is CC(C)(C)Oc1ccc(CC(=O)NCc2ccc(F)cc2)cc1. The van der Waals surface area contributed by atoms with Gasteiger partial charge in [-0.25, -0.2) is 4.39 Å². The molecular weight excluding hydrogens is 293 g/mol. The molecule has 0 fully saturated rings. The summed E-state index contributed by atoms with van der Waals surface area (Å²) < 4.78 is 18.6. The maximum Gasteiger partial charge on any atom is 0.224 e. The van der Waals surface area contributed by atoms with Crippen LogP contribution in [0.25, 0.3) is 0 Å². The monoisotopic (exact) mass is 315 g/mol. The molecule has 1 amide bonds. The Morgan fingerprint density at radius 2 is 1.57 bits per heavy atom. The lowest BCUT2D eigenvalue weighted by Crippen LogP contribution is -2.24. The van der Waals surface area contributed by atoms with Crippen molar-refractivity contribution in [3.63, 3.8) is 0 Å². The number of halogens is 1. The largest absolute Gasteiger partial charge is 0.488 e. The first-order valence-electron chi connectivity index (χ1n) is 7.61. The van der Waals surface area contributed by atoms with Gasteiger partial charge in [-0.15, -0.1) is 0 Å². The molecule has 3 nitrogen and oxygen atoms in total.